The van der Waals surface area contributed by atoms with Crippen LogP contribution >= 0.6 is 24.0 Å². The van der Waals surface area contributed by atoms with E-state index in [-0.39, 0.29) is 18.1 Å². The van der Waals surface area contributed by atoms with Crippen molar-refractivity contribution in [1.29, 1.82) is 0 Å². The lowest BCUT2D eigenvalue weighted by Crippen LogP contribution is -2.29. The molecule has 0 unspecified atom stereocenters. The maximum atomic E-state index is 12.8. The third kappa shape index (κ3) is 5.83. The average Bonchev–Trinajstić information content (AvgIpc) is 3.01. The molecule has 162 valence electrons. The Morgan fingerprint density at radius 1 is 1.26 bits per heavy atom. The molecule has 1 amide bonds. The Hall–Kier alpha value is -2.91. The predicted molar refractivity (Wildman–Crippen MR) is 124 cm³/mol. The quantitative estimate of drug-likeness (QED) is 0.326. The number of nitrogens with zero attached hydrogens (tertiary/aromatic N) is 2. The first kappa shape index (κ1) is 22.8. The molecule has 0 saturated carbocycles. The average molecular weight is 459 g/mol. The molecule has 9 heteroatoms. The van der Waals surface area contributed by atoms with Crippen LogP contribution < -0.4 is 4.74 Å². The summed E-state index contributed by atoms with van der Waals surface area (Å²) >= 11 is 6.58. The number of phenols is 1. The van der Waals surface area contributed by atoms with E-state index in [2.05, 4.69) is 4.98 Å². The minimum Gasteiger partial charge on any atom is -0.504 e. The summed E-state index contributed by atoms with van der Waals surface area (Å²) < 4.78 is 5.65. The van der Waals surface area contributed by atoms with E-state index < -0.39 is 5.97 Å². The van der Waals surface area contributed by atoms with E-state index in [1.807, 2.05) is 12.1 Å². The zero-order valence-corrected chi connectivity index (χ0v) is 18.5. The van der Waals surface area contributed by atoms with E-state index in [9.17, 15) is 14.7 Å². The number of pyridine rings is 1. The zero-order valence-electron chi connectivity index (χ0n) is 16.9. The number of carboxylic acids is 1. The first-order chi connectivity index (χ1) is 14.9. The predicted octanol–water partition coefficient (Wildman–Crippen LogP) is 4.31. The van der Waals surface area contributed by atoms with Gasteiger partial charge in [-0.1, -0.05) is 36.5 Å². The minimum absolute atomic E-state index is 0.0500. The number of hydrogen-bond acceptors (Lipinski definition) is 7. The van der Waals surface area contributed by atoms with Gasteiger partial charge in [-0.05, 0) is 49.2 Å². The van der Waals surface area contributed by atoms with Crippen molar-refractivity contribution in [2.75, 3.05) is 13.7 Å². The highest BCUT2D eigenvalue weighted by Crippen LogP contribution is 2.34. The number of ether oxygens (including phenoxy) is 1. The molecule has 1 aromatic heterocycles. The van der Waals surface area contributed by atoms with E-state index in [1.54, 1.807) is 35.2 Å². The lowest BCUT2D eigenvalue weighted by molar-refractivity contribution is -0.137. The normalized spacial score (nSPS) is 15.0. The van der Waals surface area contributed by atoms with Gasteiger partial charge in [0.1, 0.15) is 4.32 Å². The number of carbonyl (C=O) groups excluding carboxylic acids is 1. The number of thiocarbonyl (C=S) groups is 1. The fraction of sp³-hybridized carbons (Fsp3) is 0.273. The first-order valence-electron chi connectivity index (χ1n) is 9.70. The Morgan fingerprint density at radius 2 is 2.06 bits per heavy atom. The van der Waals surface area contributed by atoms with Crippen molar-refractivity contribution in [1.82, 2.24) is 9.88 Å². The summed E-state index contributed by atoms with van der Waals surface area (Å²) in [4.78, 5) is 30.0. The smallest absolute Gasteiger partial charge is 0.303 e. The summed E-state index contributed by atoms with van der Waals surface area (Å²) in [7, 11) is 1.48. The van der Waals surface area contributed by atoms with Crippen LogP contribution in [0.25, 0.3) is 17.3 Å². The number of aromatic nitrogens is 1. The molecule has 1 aromatic carbocycles. The highest BCUT2D eigenvalue weighted by atomic mass is 32.2. The van der Waals surface area contributed by atoms with Gasteiger partial charge in [0.25, 0.3) is 5.91 Å². The van der Waals surface area contributed by atoms with Gasteiger partial charge in [0.05, 0.1) is 23.4 Å². The minimum atomic E-state index is -0.811. The van der Waals surface area contributed by atoms with Crippen molar-refractivity contribution in [3.05, 3.63) is 47.0 Å². The Kier molecular flexibility index (Phi) is 7.64. The van der Waals surface area contributed by atoms with Gasteiger partial charge in [0.15, 0.2) is 11.5 Å². The topological polar surface area (TPSA) is 100.0 Å². The van der Waals surface area contributed by atoms with Crippen LogP contribution in [0.5, 0.6) is 11.5 Å². The molecule has 1 fully saturated rings. The number of hydrogen-bond donors (Lipinski definition) is 2. The number of carboxylic acid groups (broad SMARTS) is 1. The lowest BCUT2D eigenvalue weighted by Gasteiger charge is -2.13. The molecule has 2 heterocycles. The number of aliphatic carboxylic acids is 1. The monoisotopic (exact) mass is 458 g/mol. The van der Waals surface area contributed by atoms with Gasteiger partial charge in [0, 0.05) is 18.5 Å². The van der Waals surface area contributed by atoms with Gasteiger partial charge in [-0.2, -0.15) is 0 Å². The number of benzene rings is 1. The Bertz CT molecular complexity index is 1040. The van der Waals surface area contributed by atoms with Gasteiger partial charge in [-0.15, -0.1) is 0 Å². The van der Waals surface area contributed by atoms with Crippen LogP contribution in [0.4, 0.5) is 0 Å². The zero-order chi connectivity index (χ0) is 22.4. The van der Waals surface area contributed by atoms with Crippen LogP contribution in [0.15, 0.2) is 41.3 Å². The van der Waals surface area contributed by atoms with E-state index in [4.69, 9.17) is 22.1 Å². The summed E-state index contributed by atoms with van der Waals surface area (Å²) in [6, 6.07) is 10.5. The Morgan fingerprint density at radius 3 is 2.81 bits per heavy atom. The maximum Gasteiger partial charge on any atom is 0.303 e. The lowest BCUT2D eigenvalue weighted by atomic mass is 10.1. The molecular weight excluding hydrogens is 436 g/mol. The molecule has 2 aromatic rings. The third-order valence-corrected chi connectivity index (χ3v) is 6.05. The highest BCUT2D eigenvalue weighted by Gasteiger charge is 2.31. The summed E-state index contributed by atoms with van der Waals surface area (Å²) in [6.45, 7) is 0.475. The number of phenolic OH excluding ortho intramolecular Hbond substituents is 1. The van der Waals surface area contributed by atoms with E-state index >= 15 is 0 Å². The van der Waals surface area contributed by atoms with Crippen molar-refractivity contribution in [2.24, 2.45) is 0 Å². The Balaban J connectivity index is 1.71. The van der Waals surface area contributed by atoms with Crippen LogP contribution in [0.1, 0.15) is 31.4 Å². The van der Waals surface area contributed by atoms with E-state index in [1.165, 1.54) is 18.9 Å². The summed E-state index contributed by atoms with van der Waals surface area (Å²) in [6.07, 6.45) is 3.85. The maximum absolute atomic E-state index is 12.8. The van der Waals surface area contributed by atoms with Crippen LogP contribution in [0.2, 0.25) is 0 Å². The second kappa shape index (κ2) is 10.4. The molecule has 7 nitrogen and oxygen atoms in total. The van der Waals surface area contributed by atoms with Crippen molar-refractivity contribution in [2.45, 2.75) is 25.7 Å². The van der Waals surface area contributed by atoms with Gasteiger partial charge in [-0.3, -0.25) is 14.5 Å². The molecule has 1 saturated heterocycles. The summed E-state index contributed by atoms with van der Waals surface area (Å²) in [5, 5.41) is 18.5. The molecule has 0 aliphatic carbocycles. The van der Waals surface area contributed by atoms with E-state index in [0.717, 1.165) is 12.0 Å². The number of unbranched alkanes of at least 4 members (excludes halogenated alkanes) is 2. The van der Waals surface area contributed by atoms with E-state index in [0.29, 0.717) is 45.7 Å². The van der Waals surface area contributed by atoms with Crippen molar-refractivity contribution in [3.63, 3.8) is 0 Å². The molecule has 2 N–H and O–H groups in total. The number of rotatable bonds is 9. The summed E-state index contributed by atoms with van der Waals surface area (Å²) in [5.74, 6) is -0.566. The van der Waals surface area contributed by atoms with Gasteiger partial charge in [-0.25, -0.2) is 4.98 Å². The van der Waals surface area contributed by atoms with Crippen LogP contribution in [-0.4, -0.2) is 49.9 Å². The van der Waals surface area contributed by atoms with Crippen molar-refractivity contribution >= 4 is 46.3 Å². The Labute approximate surface area is 189 Å². The molecule has 1 aliphatic rings. The highest BCUT2D eigenvalue weighted by molar-refractivity contribution is 8.26. The number of amides is 1. The molecular formula is C22H22N2O5S2. The molecule has 0 bridgehead atoms. The number of carbonyl (C=O) groups is 2. The van der Waals surface area contributed by atoms with Crippen LogP contribution in [-0.2, 0) is 9.59 Å². The van der Waals surface area contributed by atoms with Gasteiger partial charge in [0.2, 0.25) is 0 Å². The molecule has 1 aliphatic heterocycles. The molecule has 0 radical (unpaired) electrons. The van der Waals surface area contributed by atoms with Gasteiger partial charge < -0.3 is 14.9 Å². The second-order valence-corrected chi connectivity index (χ2v) is 8.55. The SMILES string of the molecule is COc1cc(-c2cccc(C=C3SC(=S)N(CCCCCC(=O)O)C3=O)n2)ccc1O. The summed E-state index contributed by atoms with van der Waals surface area (Å²) in [5.41, 5.74) is 2.08. The van der Waals surface area contributed by atoms with Crippen LogP contribution in [0.3, 0.4) is 0 Å². The standard InChI is InChI=1S/C22H22N2O5S2/c1-29-18-12-14(9-10-17(18)25)16-7-5-6-15(23-16)13-19-21(28)24(22(30)31-19)11-4-2-3-8-20(26)27/h5-7,9-10,12-13,25H,2-4,8,11H2,1H3,(H,26,27). The molecule has 0 spiro atoms. The fourth-order valence-corrected chi connectivity index (χ4v) is 4.37. The molecule has 3 rings (SSSR count). The number of methoxy groups -OCH3 is 1. The van der Waals surface area contributed by atoms with Crippen molar-refractivity contribution in [3.8, 4) is 22.8 Å². The van der Waals surface area contributed by atoms with Crippen LogP contribution in [0, 0.1) is 0 Å². The number of thioether (sulfide) groups is 1. The third-order valence-electron chi connectivity index (χ3n) is 4.67. The largest absolute Gasteiger partial charge is 0.504 e. The molecule has 0 atom stereocenters. The second-order valence-electron chi connectivity index (χ2n) is 6.87. The first-order valence-corrected chi connectivity index (χ1v) is 10.9. The molecule has 31 heavy (non-hydrogen) atoms. The van der Waals surface area contributed by atoms with Crippen molar-refractivity contribution < 1.29 is 24.5 Å². The van der Waals surface area contributed by atoms with Gasteiger partial charge >= 0.3 is 5.97 Å². The number of aromatic hydroxyl groups is 1. The fourth-order valence-electron chi connectivity index (χ4n) is 3.08.